The van der Waals surface area contributed by atoms with Crippen LogP contribution in [0.5, 0.6) is 0 Å². The van der Waals surface area contributed by atoms with Crippen LogP contribution in [0.1, 0.15) is 58.6 Å². The number of hydrogen-bond donors (Lipinski definition) is 2. The first kappa shape index (κ1) is 26.5. The average Bonchev–Trinajstić information content (AvgIpc) is 2.72. The van der Waals surface area contributed by atoms with Crippen LogP contribution in [0.3, 0.4) is 0 Å². The SMILES string of the molecule is Cc1ccc(S(=O)(=O)N2C(=N)C(C#N)=C(NC(C)(C)CC(C)(C)C)CC2Cc2ccccc2)cc1. The molecule has 1 aliphatic heterocycles. The second-order valence-corrected chi connectivity index (χ2v) is 13.0. The van der Waals surface area contributed by atoms with E-state index in [-0.39, 0.29) is 27.3 Å². The van der Waals surface area contributed by atoms with Gasteiger partial charge in [-0.25, -0.2) is 12.7 Å². The third kappa shape index (κ3) is 6.32. The number of hydrogen-bond acceptors (Lipinski definition) is 5. The first-order valence-corrected chi connectivity index (χ1v) is 13.3. The van der Waals surface area contributed by atoms with Crippen molar-refractivity contribution >= 4 is 15.9 Å². The number of sulfonamides is 1. The number of amidine groups is 1. The zero-order chi connectivity index (χ0) is 26.0. The first-order valence-electron chi connectivity index (χ1n) is 11.9. The molecule has 0 aliphatic carbocycles. The van der Waals surface area contributed by atoms with Crippen molar-refractivity contribution in [3.8, 4) is 6.07 Å². The Morgan fingerprint density at radius 1 is 1.06 bits per heavy atom. The Balaban J connectivity index is 2.09. The Bertz CT molecular complexity index is 1250. The summed E-state index contributed by atoms with van der Waals surface area (Å²) in [5.41, 5.74) is 2.34. The van der Waals surface area contributed by atoms with Crippen molar-refractivity contribution in [2.75, 3.05) is 0 Å². The number of nitriles is 1. The van der Waals surface area contributed by atoms with E-state index < -0.39 is 16.1 Å². The van der Waals surface area contributed by atoms with Crippen LogP contribution >= 0.6 is 0 Å². The quantitative estimate of drug-likeness (QED) is 0.529. The van der Waals surface area contributed by atoms with Gasteiger partial charge in [-0.05, 0) is 56.7 Å². The second kappa shape index (κ2) is 9.87. The Morgan fingerprint density at radius 3 is 2.20 bits per heavy atom. The highest BCUT2D eigenvalue weighted by Gasteiger charge is 2.41. The highest BCUT2D eigenvalue weighted by molar-refractivity contribution is 7.89. The molecular formula is C28H36N4O2S. The van der Waals surface area contributed by atoms with Crippen LogP contribution in [-0.4, -0.2) is 30.1 Å². The van der Waals surface area contributed by atoms with Gasteiger partial charge in [-0.3, -0.25) is 5.41 Å². The highest BCUT2D eigenvalue weighted by Crippen LogP contribution is 2.34. The molecule has 1 aliphatic rings. The average molecular weight is 493 g/mol. The molecule has 0 bridgehead atoms. The maximum atomic E-state index is 13.8. The van der Waals surface area contributed by atoms with Crippen molar-refractivity contribution in [1.29, 1.82) is 10.7 Å². The molecule has 0 amide bonds. The molecule has 35 heavy (non-hydrogen) atoms. The Hall–Kier alpha value is -3.11. The standard InChI is InChI=1S/C28H36N4O2S/c1-20-12-14-23(15-13-20)35(33,34)32-22(16-21-10-8-7-9-11-21)17-25(24(18-29)26(32)30)31-28(5,6)19-27(2,3)4/h7-15,22,30-31H,16-17,19H2,1-6H3. The minimum atomic E-state index is -4.04. The van der Waals surface area contributed by atoms with Crippen molar-refractivity contribution in [3.63, 3.8) is 0 Å². The lowest BCUT2D eigenvalue weighted by Gasteiger charge is -2.41. The molecule has 0 aromatic heterocycles. The summed E-state index contributed by atoms with van der Waals surface area (Å²) in [5.74, 6) is -0.283. The molecule has 7 heteroatoms. The maximum Gasteiger partial charge on any atom is 0.265 e. The Labute approximate surface area is 210 Å². The molecule has 186 valence electrons. The smallest absolute Gasteiger partial charge is 0.265 e. The predicted molar refractivity (Wildman–Crippen MR) is 140 cm³/mol. The Kier molecular flexibility index (Phi) is 7.47. The van der Waals surface area contributed by atoms with E-state index in [0.717, 1.165) is 21.9 Å². The van der Waals surface area contributed by atoms with Gasteiger partial charge in [0.15, 0.2) is 5.84 Å². The van der Waals surface area contributed by atoms with E-state index in [0.29, 0.717) is 18.5 Å². The third-order valence-corrected chi connectivity index (χ3v) is 7.86. The van der Waals surface area contributed by atoms with Gasteiger partial charge < -0.3 is 5.32 Å². The van der Waals surface area contributed by atoms with Crippen LogP contribution in [0, 0.1) is 29.1 Å². The van der Waals surface area contributed by atoms with E-state index >= 15 is 0 Å². The molecule has 1 heterocycles. The maximum absolute atomic E-state index is 13.8. The second-order valence-electron chi connectivity index (χ2n) is 11.2. The predicted octanol–water partition coefficient (Wildman–Crippen LogP) is 5.56. The number of rotatable bonds is 7. The minimum absolute atomic E-state index is 0.0519. The summed E-state index contributed by atoms with van der Waals surface area (Å²) >= 11 is 0. The Morgan fingerprint density at radius 2 is 1.66 bits per heavy atom. The van der Waals surface area contributed by atoms with Gasteiger partial charge >= 0.3 is 0 Å². The summed E-state index contributed by atoms with van der Waals surface area (Å²) in [4.78, 5) is 0.118. The van der Waals surface area contributed by atoms with Crippen molar-refractivity contribution in [1.82, 2.24) is 9.62 Å². The van der Waals surface area contributed by atoms with Crippen LogP contribution in [0.2, 0.25) is 0 Å². The van der Waals surface area contributed by atoms with Gasteiger partial charge in [-0.15, -0.1) is 0 Å². The topological polar surface area (TPSA) is 97.1 Å². The lowest BCUT2D eigenvalue weighted by atomic mass is 9.81. The van der Waals surface area contributed by atoms with Gasteiger partial charge in [-0.2, -0.15) is 5.26 Å². The molecule has 3 rings (SSSR count). The van der Waals surface area contributed by atoms with Crippen LogP contribution in [0.15, 0.2) is 70.8 Å². The molecule has 2 aromatic carbocycles. The molecule has 2 N–H and O–H groups in total. The fourth-order valence-electron chi connectivity index (χ4n) is 5.05. The van der Waals surface area contributed by atoms with E-state index in [4.69, 9.17) is 5.41 Å². The normalized spacial score (nSPS) is 17.3. The lowest BCUT2D eigenvalue weighted by Crippen LogP contribution is -2.52. The number of aryl methyl sites for hydroxylation is 1. The van der Waals surface area contributed by atoms with Crippen molar-refractivity contribution in [2.45, 2.75) is 77.3 Å². The summed E-state index contributed by atoms with van der Waals surface area (Å²) in [7, 11) is -4.04. The number of nitrogens with one attached hydrogen (secondary N) is 2. The largest absolute Gasteiger partial charge is 0.382 e. The number of benzene rings is 2. The number of nitrogens with zero attached hydrogens (tertiary/aromatic N) is 2. The third-order valence-electron chi connectivity index (χ3n) is 6.00. The molecule has 2 aromatic rings. The van der Waals surface area contributed by atoms with Gasteiger partial charge in [0.2, 0.25) is 0 Å². The summed E-state index contributed by atoms with van der Waals surface area (Å²) in [6.45, 7) is 12.5. The van der Waals surface area contributed by atoms with E-state index in [1.807, 2.05) is 37.3 Å². The fourth-order valence-corrected chi connectivity index (χ4v) is 6.63. The summed E-state index contributed by atoms with van der Waals surface area (Å²) < 4.78 is 28.7. The van der Waals surface area contributed by atoms with Crippen molar-refractivity contribution in [3.05, 3.63) is 77.0 Å². The van der Waals surface area contributed by atoms with E-state index in [1.54, 1.807) is 24.3 Å². The fraction of sp³-hybridized carbons (Fsp3) is 0.429. The van der Waals surface area contributed by atoms with Gasteiger partial charge in [0, 0.05) is 17.7 Å². The van der Waals surface area contributed by atoms with E-state index in [2.05, 4.69) is 46.0 Å². The van der Waals surface area contributed by atoms with Crippen LogP contribution in [0.25, 0.3) is 0 Å². The first-order chi connectivity index (χ1) is 16.2. The molecule has 0 fully saturated rings. The van der Waals surface area contributed by atoms with Crippen molar-refractivity contribution < 1.29 is 8.42 Å². The van der Waals surface area contributed by atoms with E-state index in [1.165, 1.54) is 0 Å². The van der Waals surface area contributed by atoms with E-state index in [9.17, 15) is 13.7 Å². The van der Waals surface area contributed by atoms with Crippen LogP contribution < -0.4 is 5.32 Å². The summed E-state index contributed by atoms with van der Waals surface area (Å²) in [5, 5.41) is 22.4. The lowest BCUT2D eigenvalue weighted by molar-refractivity contribution is 0.250. The molecular weight excluding hydrogens is 456 g/mol. The molecule has 0 radical (unpaired) electrons. The van der Waals surface area contributed by atoms with Crippen LogP contribution in [0.4, 0.5) is 0 Å². The summed E-state index contributed by atoms with van der Waals surface area (Å²) in [6.07, 6.45) is 1.58. The van der Waals surface area contributed by atoms with Crippen LogP contribution in [-0.2, 0) is 16.4 Å². The van der Waals surface area contributed by atoms with Gasteiger partial charge in [0.1, 0.15) is 11.6 Å². The monoisotopic (exact) mass is 492 g/mol. The molecule has 0 saturated heterocycles. The van der Waals surface area contributed by atoms with Gasteiger partial charge in [0.05, 0.1) is 10.9 Å². The molecule has 1 atom stereocenters. The molecule has 6 nitrogen and oxygen atoms in total. The molecule has 0 saturated carbocycles. The van der Waals surface area contributed by atoms with Crippen molar-refractivity contribution in [2.24, 2.45) is 5.41 Å². The van der Waals surface area contributed by atoms with Gasteiger partial charge in [-0.1, -0.05) is 68.8 Å². The summed E-state index contributed by atoms with van der Waals surface area (Å²) in [6, 6.07) is 17.9. The zero-order valence-corrected chi connectivity index (χ0v) is 22.3. The zero-order valence-electron chi connectivity index (χ0n) is 21.5. The molecule has 0 spiro atoms. The molecule has 1 unspecified atom stereocenters. The minimum Gasteiger partial charge on any atom is -0.382 e. The van der Waals surface area contributed by atoms with Gasteiger partial charge in [0.25, 0.3) is 10.0 Å². The highest BCUT2D eigenvalue weighted by atomic mass is 32.2.